The Morgan fingerprint density at radius 2 is 2.03 bits per heavy atom. The fraction of sp³-hybridized carbons (Fsp3) is 0.536. The number of aryl methyl sites for hydroxylation is 5. The van der Waals surface area contributed by atoms with Crippen LogP contribution in [0.4, 0.5) is 5.82 Å². The molecule has 2 aromatic heterocycles. The Morgan fingerprint density at radius 3 is 2.83 bits per heavy atom. The lowest BCUT2D eigenvalue weighted by Gasteiger charge is -2.42. The second-order valence-electron chi connectivity index (χ2n) is 10.2. The van der Waals surface area contributed by atoms with Crippen molar-refractivity contribution in [3.8, 4) is 0 Å². The van der Waals surface area contributed by atoms with Crippen molar-refractivity contribution in [3.63, 3.8) is 0 Å². The number of fused-ring (bicyclic) bond motifs is 2. The van der Waals surface area contributed by atoms with E-state index in [-0.39, 0.29) is 6.10 Å². The van der Waals surface area contributed by atoms with Gasteiger partial charge in [-0.1, -0.05) is 24.6 Å². The van der Waals surface area contributed by atoms with E-state index in [4.69, 9.17) is 9.72 Å². The van der Waals surface area contributed by atoms with E-state index in [1.807, 2.05) is 42.6 Å². The molecule has 1 fully saturated rings. The number of pyridine rings is 1. The maximum Gasteiger partial charge on any atom is 0.325 e. The maximum absolute atomic E-state index is 12.3. The van der Waals surface area contributed by atoms with Crippen molar-refractivity contribution in [3.05, 3.63) is 52.3 Å². The molecule has 4 heterocycles. The number of hydrogen-bond donors (Lipinski definition) is 2. The molecule has 8 nitrogen and oxygen atoms in total. The van der Waals surface area contributed by atoms with Crippen LogP contribution in [-0.2, 0) is 29.4 Å². The number of nitrogens with one attached hydrogen (secondary N) is 1. The molecule has 192 valence electrons. The van der Waals surface area contributed by atoms with E-state index in [9.17, 15) is 9.90 Å². The number of likely N-dealkylation sites (tertiary alicyclic amines) is 1. The van der Waals surface area contributed by atoms with Gasteiger partial charge in [-0.25, -0.2) is 4.98 Å². The molecule has 2 N–H and O–H groups in total. The number of carboxylic acid groups (broad SMARTS) is 1. The number of unbranched alkanes of at least 4 members (excludes halogenated alkanes) is 2. The molecule has 8 heteroatoms. The number of ether oxygens (including phenoxy) is 1. The van der Waals surface area contributed by atoms with E-state index < -0.39 is 12.0 Å². The van der Waals surface area contributed by atoms with Crippen LogP contribution in [0.1, 0.15) is 59.8 Å². The highest BCUT2D eigenvalue weighted by Crippen LogP contribution is 2.34. The molecule has 0 amide bonds. The van der Waals surface area contributed by atoms with Crippen LogP contribution >= 0.6 is 0 Å². The molecular formula is C28H37N5O3. The Morgan fingerprint density at radius 1 is 1.19 bits per heavy atom. The zero-order valence-electron chi connectivity index (χ0n) is 21.6. The molecular weight excluding hydrogens is 454 g/mol. The van der Waals surface area contributed by atoms with E-state index in [2.05, 4.69) is 22.5 Å². The first-order valence-corrected chi connectivity index (χ1v) is 13.2. The zero-order valence-corrected chi connectivity index (χ0v) is 21.6. The first-order chi connectivity index (χ1) is 17.4. The van der Waals surface area contributed by atoms with Gasteiger partial charge in [0.1, 0.15) is 11.9 Å². The minimum Gasteiger partial charge on any atom is -0.480 e. The summed E-state index contributed by atoms with van der Waals surface area (Å²) in [4.78, 5) is 19.1. The predicted molar refractivity (Wildman–Crippen MR) is 140 cm³/mol. The summed E-state index contributed by atoms with van der Waals surface area (Å²) < 4.78 is 7.87. The van der Waals surface area contributed by atoms with Crippen molar-refractivity contribution < 1.29 is 14.6 Å². The van der Waals surface area contributed by atoms with Gasteiger partial charge in [-0.3, -0.25) is 14.4 Å². The summed E-state index contributed by atoms with van der Waals surface area (Å²) in [6.45, 7) is 7.02. The van der Waals surface area contributed by atoms with Crippen molar-refractivity contribution in [2.75, 3.05) is 31.6 Å². The Hall–Kier alpha value is -2.97. The SMILES string of the molecule is Cc1ccc(C(C(=O)O)N2CC(OCCCCCc3ccc4c(n3)NCCC4)C2)c2c1c(C)nn2C. The largest absolute Gasteiger partial charge is 0.480 e. The summed E-state index contributed by atoms with van der Waals surface area (Å²) in [5, 5.41) is 19.1. The van der Waals surface area contributed by atoms with Crippen LogP contribution in [-0.4, -0.2) is 63.1 Å². The standard InChI is InChI=1S/C28H37N5O3/c1-18-10-13-23(25-24(18)19(2)31-32(25)3)26(28(34)35)33-16-22(17-33)36-15-6-4-5-9-21-12-11-20-8-7-14-29-27(20)30-21/h10-13,22,26H,4-9,14-17H2,1-3H3,(H,29,30)(H,34,35). The molecule has 0 saturated carbocycles. The Kier molecular flexibility index (Phi) is 7.25. The number of aliphatic carboxylic acids is 1. The fourth-order valence-electron chi connectivity index (χ4n) is 5.67. The Bertz CT molecular complexity index is 1250. The van der Waals surface area contributed by atoms with Gasteiger partial charge in [-0.2, -0.15) is 5.10 Å². The van der Waals surface area contributed by atoms with Crippen molar-refractivity contribution >= 4 is 22.7 Å². The molecule has 2 aliphatic rings. The monoisotopic (exact) mass is 491 g/mol. The van der Waals surface area contributed by atoms with Crippen molar-refractivity contribution in [1.29, 1.82) is 0 Å². The molecule has 5 rings (SSSR count). The average Bonchev–Trinajstić information content (AvgIpc) is 3.14. The van der Waals surface area contributed by atoms with E-state index >= 15 is 0 Å². The minimum absolute atomic E-state index is 0.0921. The number of anilines is 1. The molecule has 1 atom stereocenters. The highest BCUT2D eigenvalue weighted by molar-refractivity contribution is 5.92. The van der Waals surface area contributed by atoms with Crippen LogP contribution in [0.25, 0.3) is 10.9 Å². The molecule has 36 heavy (non-hydrogen) atoms. The molecule has 1 unspecified atom stereocenters. The van der Waals surface area contributed by atoms with Gasteiger partial charge in [0.2, 0.25) is 0 Å². The smallest absolute Gasteiger partial charge is 0.325 e. The molecule has 0 aliphatic carbocycles. The maximum atomic E-state index is 12.3. The highest BCUT2D eigenvalue weighted by atomic mass is 16.5. The second kappa shape index (κ2) is 10.6. The summed E-state index contributed by atoms with van der Waals surface area (Å²) in [6.07, 6.45) is 6.59. The lowest BCUT2D eigenvalue weighted by Crippen LogP contribution is -2.55. The molecule has 3 aromatic rings. The van der Waals surface area contributed by atoms with E-state index in [0.29, 0.717) is 19.7 Å². The number of aromatic nitrogens is 3. The van der Waals surface area contributed by atoms with Gasteiger partial charge in [0.25, 0.3) is 0 Å². The molecule has 2 aliphatic heterocycles. The average molecular weight is 492 g/mol. The fourth-order valence-corrected chi connectivity index (χ4v) is 5.67. The summed E-state index contributed by atoms with van der Waals surface area (Å²) in [5.74, 6) is 0.240. The van der Waals surface area contributed by atoms with Gasteiger partial charge in [0, 0.05) is 49.9 Å². The van der Waals surface area contributed by atoms with Crippen LogP contribution in [0.5, 0.6) is 0 Å². The van der Waals surface area contributed by atoms with E-state index in [1.54, 1.807) is 0 Å². The lowest BCUT2D eigenvalue weighted by atomic mass is 9.96. The van der Waals surface area contributed by atoms with Crippen LogP contribution in [0.3, 0.4) is 0 Å². The molecule has 0 spiro atoms. The van der Waals surface area contributed by atoms with Gasteiger partial charge in [0.05, 0.1) is 17.3 Å². The lowest BCUT2D eigenvalue weighted by molar-refractivity contribution is -0.150. The Labute approximate surface area is 212 Å². The van der Waals surface area contributed by atoms with Gasteiger partial charge in [-0.15, -0.1) is 0 Å². The number of carbonyl (C=O) groups is 1. The van der Waals surface area contributed by atoms with Crippen LogP contribution < -0.4 is 5.32 Å². The predicted octanol–water partition coefficient (Wildman–Crippen LogP) is 4.18. The van der Waals surface area contributed by atoms with Crippen molar-refractivity contribution in [2.24, 2.45) is 7.05 Å². The summed E-state index contributed by atoms with van der Waals surface area (Å²) in [6, 6.07) is 7.64. The Balaban J connectivity index is 1.08. The number of rotatable bonds is 10. The second-order valence-corrected chi connectivity index (χ2v) is 10.2. The van der Waals surface area contributed by atoms with Gasteiger partial charge >= 0.3 is 5.97 Å². The molecule has 1 aromatic carbocycles. The first kappa shape index (κ1) is 24.7. The summed E-state index contributed by atoms with van der Waals surface area (Å²) in [5.41, 5.74) is 6.25. The van der Waals surface area contributed by atoms with E-state index in [1.165, 1.54) is 12.0 Å². The number of benzene rings is 1. The van der Waals surface area contributed by atoms with Crippen LogP contribution in [0, 0.1) is 13.8 Å². The zero-order chi connectivity index (χ0) is 25.2. The topological polar surface area (TPSA) is 92.5 Å². The quantitative estimate of drug-likeness (QED) is 0.411. The van der Waals surface area contributed by atoms with Crippen molar-refractivity contribution in [2.45, 2.75) is 64.5 Å². The number of nitrogens with zero attached hydrogens (tertiary/aromatic N) is 4. The van der Waals surface area contributed by atoms with Gasteiger partial charge < -0.3 is 15.2 Å². The number of hydrogen-bond acceptors (Lipinski definition) is 6. The molecule has 0 radical (unpaired) electrons. The highest BCUT2D eigenvalue weighted by Gasteiger charge is 2.39. The summed E-state index contributed by atoms with van der Waals surface area (Å²) in [7, 11) is 1.89. The number of carboxylic acids is 1. The first-order valence-electron chi connectivity index (χ1n) is 13.2. The normalized spacial score (nSPS) is 17.0. The van der Waals surface area contributed by atoms with Crippen LogP contribution in [0.15, 0.2) is 24.3 Å². The molecule has 1 saturated heterocycles. The van der Waals surface area contributed by atoms with E-state index in [0.717, 1.165) is 77.9 Å². The van der Waals surface area contributed by atoms with Gasteiger partial charge in [0.15, 0.2) is 0 Å². The molecule has 0 bridgehead atoms. The summed E-state index contributed by atoms with van der Waals surface area (Å²) >= 11 is 0. The minimum atomic E-state index is -0.830. The van der Waals surface area contributed by atoms with Crippen molar-refractivity contribution in [1.82, 2.24) is 19.7 Å². The van der Waals surface area contributed by atoms with Gasteiger partial charge in [-0.05, 0) is 63.1 Å². The van der Waals surface area contributed by atoms with Crippen LogP contribution in [0.2, 0.25) is 0 Å². The third-order valence-electron chi connectivity index (χ3n) is 7.56. The third-order valence-corrected chi connectivity index (χ3v) is 7.56. The third kappa shape index (κ3) is 4.97.